The Morgan fingerprint density at radius 2 is 0.857 bits per heavy atom. The minimum absolute atomic E-state index is 0.0294. The van der Waals surface area contributed by atoms with Gasteiger partial charge in [-0.15, -0.1) is 0 Å². The van der Waals surface area contributed by atoms with Crippen LogP contribution in [-0.2, 0) is 21.7 Å². The van der Waals surface area contributed by atoms with Crippen molar-refractivity contribution in [3.05, 3.63) is 103 Å². The summed E-state index contributed by atoms with van der Waals surface area (Å²) in [7, 11) is 0. The number of hydrogen-bond donors (Lipinski definition) is 0. The van der Waals surface area contributed by atoms with Gasteiger partial charge in [-0.25, -0.2) is 0 Å². The molecule has 0 fully saturated rings. The van der Waals surface area contributed by atoms with E-state index < -0.39 is 19.7 Å². The van der Waals surface area contributed by atoms with Gasteiger partial charge >= 0.3 is 355 Å². The maximum absolute atomic E-state index is 7.91. The third-order valence-corrected chi connectivity index (χ3v) is 32.0. The van der Waals surface area contributed by atoms with Crippen LogP contribution in [0, 0.1) is 0 Å². The van der Waals surface area contributed by atoms with Gasteiger partial charge in [0.1, 0.15) is 0 Å². The van der Waals surface area contributed by atoms with Crippen LogP contribution < -0.4 is 29.8 Å². The first kappa shape index (κ1) is 38.6. The van der Waals surface area contributed by atoms with Crippen LogP contribution in [0.5, 0.6) is 34.5 Å². The molecule has 0 bridgehead atoms. The van der Waals surface area contributed by atoms with Crippen LogP contribution in [-0.4, -0.2) is 19.7 Å². The van der Waals surface area contributed by atoms with Gasteiger partial charge in [-0.1, -0.05) is 0 Å². The first-order valence-electron chi connectivity index (χ1n) is 19.0. The molecule has 0 saturated heterocycles. The van der Waals surface area contributed by atoms with E-state index in [1.54, 1.807) is 0 Å². The molecular weight excluding hydrogens is 981 g/mol. The summed E-state index contributed by atoms with van der Waals surface area (Å²) in [6.07, 6.45) is 0. The van der Waals surface area contributed by atoms with Crippen LogP contribution in [0.15, 0.2) is 60.7 Å². The van der Waals surface area contributed by atoms with E-state index in [1.165, 1.54) is 5.56 Å². The number of ether oxygens (including phenoxy) is 2. The summed E-state index contributed by atoms with van der Waals surface area (Å²) in [6.45, 7) is 26.5. The predicted molar refractivity (Wildman–Crippen MR) is 235 cm³/mol. The Hall–Kier alpha value is -2.86. The molecule has 5 aromatic carbocycles. The van der Waals surface area contributed by atoms with Gasteiger partial charge in [0.05, 0.1) is 0 Å². The van der Waals surface area contributed by atoms with Crippen molar-refractivity contribution in [2.24, 2.45) is 0 Å². The van der Waals surface area contributed by atoms with Gasteiger partial charge in [0.2, 0.25) is 0 Å². The molecule has 1 spiro atoms. The molecule has 0 radical (unpaired) electrons. The Kier molecular flexibility index (Phi) is 8.05. The van der Waals surface area contributed by atoms with E-state index in [1.807, 2.05) is 0 Å². The van der Waals surface area contributed by atoms with Gasteiger partial charge in [-0.3, -0.25) is 0 Å². The number of rotatable bonds is 1. The molecule has 56 heavy (non-hydrogen) atoms. The fraction of sp³-hybridized carbons (Fsp3) is 0.348. The Labute approximate surface area is 352 Å². The Morgan fingerprint density at radius 3 is 1.23 bits per heavy atom. The zero-order valence-electron chi connectivity index (χ0n) is 33.8. The van der Waals surface area contributed by atoms with Crippen molar-refractivity contribution in [2.75, 3.05) is 4.90 Å². The summed E-state index contributed by atoms with van der Waals surface area (Å²) < 4.78 is 33.0. The number of halogens is 4. The molecule has 292 valence electrons. The number of nitrogens with zero attached hydrogens (tertiary/aromatic N) is 1. The number of benzene rings is 5. The number of hydrogen-bond acceptors (Lipinski definition) is 5. The molecule has 0 aliphatic carbocycles. The van der Waals surface area contributed by atoms with Gasteiger partial charge in [0, 0.05) is 0 Å². The molecule has 0 aromatic heterocycles. The molecule has 5 aromatic rings. The fourth-order valence-corrected chi connectivity index (χ4v) is 31.7. The first-order valence-corrected chi connectivity index (χ1v) is 28.6. The zero-order valence-corrected chi connectivity index (χ0v) is 40.3. The summed E-state index contributed by atoms with van der Waals surface area (Å²) >= 11 is 21.7. The normalized spacial score (nSPS) is 17.5. The van der Waals surface area contributed by atoms with Gasteiger partial charge < -0.3 is 0 Å². The van der Waals surface area contributed by atoms with Crippen molar-refractivity contribution in [1.29, 1.82) is 0 Å². The maximum atomic E-state index is 7.91. The van der Waals surface area contributed by atoms with Crippen molar-refractivity contribution in [3.8, 4) is 34.5 Å². The summed E-state index contributed by atoms with van der Waals surface area (Å²) in [5.74, 6) is 3.24. The molecule has 5 nitrogen and oxygen atoms in total. The van der Waals surface area contributed by atoms with E-state index in [2.05, 4.69) is 149 Å². The van der Waals surface area contributed by atoms with Crippen molar-refractivity contribution >= 4 is 92.9 Å². The molecule has 10 heteroatoms. The van der Waals surface area contributed by atoms with Crippen LogP contribution >= 0.6 is 46.4 Å². The van der Waals surface area contributed by atoms with Gasteiger partial charge in [-0.05, 0) is 0 Å². The summed E-state index contributed by atoms with van der Waals surface area (Å²) in [5, 5.41) is 0.504. The van der Waals surface area contributed by atoms with Crippen LogP contribution in [0.25, 0.3) is 0 Å². The van der Waals surface area contributed by atoms with E-state index in [0.29, 0.717) is 23.0 Å². The molecule has 4 aliphatic heterocycles. The summed E-state index contributed by atoms with van der Waals surface area (Å²) in [5.41, 5.74) is 6.10. The second-order valence-corrected chi connectivity index (χ2v) is 35.2. The molecule has 0 saturated carbocycles. The van der Waals surface area contributed by atoms with Crippen molar-refractivity contribution in [3.63, 3.8) is 0 Å². The third kappa shape index (κ3) is 4.95. The summed E-state index contributed by atoms with van der Waals surface area (Å²) in [4.78, 5) is 2.30. The van der Waals surface area contributed by atoms with Crippen molar-refractivity contribution in [1.82, 2.24) is 0 Å². The standard InChI is InChI=1S/C40H46NO2.C6H2Cl4O2.Bi/c1-37(2,3)26-13-15-28(16-14-26)41-29-17-19-33(39(7,8)9)35(23-29)42-31-21-27(38(4,5)6)22-32(25-31)43-36-24-30(41)18-20-34(36)40(10,11)12;7-1-2(8)4(10)6(12)5(11)3(1)9;/h13-22H,1-12H3;11-12H;/q;;+2/p-2. The van der Waals surface area contributed by atoms with Crippen molar-refractivity contribution in [2.45, 2.75) is 105 Å². The number of fused-ring (bicyclic) bond motifs is 1. The Bertz CT molecular complexity index is 2450. The molecule has 0 atom stereocenters. The first-order chi connectivity index (χ1) is 25.9. The molecular formula is C46H46BiCl4NO4. The topological polar surface area (TPSA) is 40.2 Å². The second-order valence-electron chi connectivity index (χ2n) is 19.6. The van der Waals surface area contributed by atoms with E-state index in [0.717, 1.165) is 43.6 Å². The second kappa shape index (κ2) is 11.7. The van der Waals surface area contributed by atoms with Crippen LogP contribution in [0.4, 0.5) is 17.1 Å². The molecule has 0 amide bonds. The molecule has 9 rings (SSSR count). The quantitative estimate of drug-likeness (QED) is 0.0932. The monoisotopic (exact) mass is 1030 g/mol. The molecule has 0 unspecified atom stereocenters. The average molecular weight is 1030 g/mol. The minimum atomic E-state index is -6.37. The van der Waals surface area contributed by atoms with Crippen molar-refractivity contribution < 1.29 is 15.1 Å². The molecule has 4 heterocycles. The van der Waals surface area contributed by atoms with Crippen LogP contribution in [0.2, 0.25) is 20.1 Å². The molecule has 4 aliphatic rings. The third-order valence-electron chi connectivity index (χ3n) is 11.6. The van der Waals surface area contributed by atoms with E-state index in [9.17, 15) is 0 Å². The van der Waals surface area contributed by atoms with Gasteiger partial charge in [0.25, 0.3) is 0 Å². The van der Waals surface area contributed by atoms with E-state index >= 15 is 0 Å². The zero-order chi connectivity index (χ0) is 40.5. The summed E-state index contributed by atoms with van der Waals surface area (Å²) in [6, 6.07) is 21.8. The van der Waals surface area contributed by atoms with Gasteiger partial charge in [-0.2, -0.15) is 0 Å². The fourth-order valence-electron chi connectivity index (χ4n) is 8.70. The predicted octanol–water partition coefficient (Wildman–Crippen LogP) is 13.4. The SMILES string of the molecule is CC(C)(C)c1ccc(N2c3ccc(C(C)(C)C)c4[c]3[Bi]35([O]c6c(Cl)c(Cl)c(Cl)c(Cl)c6[O]3)[c]3c(cc(C(C)(C)C)cc3Oc3c(C(C)(C)C)ccc2[c]35)O4)cc1. The number of anilines is 3. The van der Waals surface area contributed by atoms with Crippen LogP contribution in [0.1, 0.15) is 105 Å². The van der Waals surface area contributed by atoms with Gasteiger partial charge in [0.15, 0.2) is 0 Å². The van der Waals surface area contributed by atoms with E-state index in [4.69, 9.17) is 61.5 Å². The Morgan fingerprint density at radius 1 is 0.446 bits per heavy atom. The molecule has 0 N–H and O–H groups in total. The Balaban J connectivity index is 1.54. The van der Waals surface area contributed by atoms with Crippen LogP contribution in [0.3, 0.4) is 0 Å². The van der Waals surface area contributed by atoms with E-state index in [-0.39, 0.29) is 53.2 Å². The average Bonchev–Trinajstić information content (AvgIpc) is 3.44.